The lowest BCUT2D eigenvalue weighted by molar-refractivity contribution is 0.205. The van der Waals surface area contributed by atoms with Crippen LogP contribution in [0.15, 0.2) is 4.47 Å². The third-order valence-electron chi connectivity index (χ3n) is 3.07. The predicted octanol–water partition coefficient (Wildman–Crippen LogP) is 4.09. The van der Waals surface area contributed by atoms with Gasteiger partial charge in [0.15, 0.2) is 0 Å². The molecule has 0 aliphatic rings. The minimum absolute atomic E-state index is 0.691. The van der Waals surface area contributed by atoms with E-state index >= 15 is 0 Å². The van der Waals surface area contributed by atoms with E-state index in [1.54, 1.807) is 0 Å². The van der Waals surface area contributed by atoms with Crippen LogP contribution >= 0.6 is 15.9 Å². The third kappa shape index (κ3) is 4.92. The van der Waals surface area contributed by atoms with Crippen LogP contribution < -0.4 is 0 Å². The SMILES string of the molecule is CCn1nc(C)c(Br)c1CN(CC(C)C)CC(C)C. The largest absolute Gasteiger partial charge is 0.297 e. The molecule has 110 valence electrons. The zero-order valence-corrected chi connectivity index (χ0v) is 14.8. The Morgan fingerprint density at radius 2 is 1.68 bits per heavy atom. The van der Waals surface area contributed by atoms with Gasteiger partial charge in [-0.25, -0.2) is 0 Å². The van der Waals surface area contributed by atoms with Gasteiger partial charge in [0.2, 0.25) is 0 Å². The van der Waals surface area contributed by atoms with E-state index in [4.69, 9.17) is 0 Å². The Labute approximate surface area is 126 Å². The molecule has 0 aromatic carbocycles. The number of hydrogen-bond donors (Lipinski definition) is 0. The maximum absolute atomic E-state index is 4.58. The number of aryl methyl sites for hydroxylation is 2. The fraction of sp³-hybridized carbons (Fsp3) is 0.800. The average molecular weight is 330 g/mol. The van der Waals surface area contributed by atoms with E-state index < -0.39 is 0 Å². The highest BCUT2D eigenvalue weighted by atomic mass is 79.9. The Hall–Kier alpha value is -0.350. The van der Waals surface area contributed by atoms with E-state index in [1.807, 2.05) is 0 Å². The average Bonchev–Trinajstić information content (AvgIpc) is 2.55. The molecule has 1 heterocycles. The first-order valence-corrected chi connectivity index (χ1v) is 8.08. The van der Waals surface area contributed by atoms with Crippen LogP contribution in [-0.2, 0) is 13.1 Å². The molecular formula is C15H28BrN3. The first-order chi connectivity index (χ1) is 8.85. The Morgan fingerprint density at radius 3 is 2.11 bits per heavy atom. The van der Waals surface area contributed by atoms with Crippen molar-refractivity contribution in [3.63, 3.8) is 0 Å². The highest BCUT2D eigenvalue weighted by Gasteiger charge is 2.17. The molecule has 0 aliphatic carbocycles. The van der Waals surface area contributed by atoms with Crippen molar-refractivity contribution in [1.29, 1.82) is 0 Å². The lowest BCUT2D eigenvalue weighted by Crippen LogP contribution is -2.32. The first kappa shape index (κ1) is 16.7. The normalized spacial score (nSPS) is 12.1. The van der Waals surface area contributed by atoms with Gasteiger partial charge in [-0.2, -0.15) is 5.10 Å². The summed E-state index contributed by atoms with van der Waals surface area (Å²) in [7, 11) is 0. The van der Waals surface area contributed by atoms with Crippen LogP contribution in [0.1, 0.15) is 46.0 Å². The molecular weight excluding hydrogens is 302 g/mol. The summed E-state index contributed by atoms with van der Waals surface area (Å²) in [5.41, 5.74) is 2.40. The fourth-order valence-electron chi connectivity index (χ4n) is 2.47. The molecule has 1 rings (SSSR count). The van der Waals surface area contributed by atoms with Crippen LogP contribution in [0.4, 0.5) is 0 Å². The Balaban J connectivity index is 2.88. The van der Waals surface area contributed by atoms with Gasteiger partial charge < -0.3 is 0 Å². The van der Waals surface area contributed by atoms with Crippen LogP contribution in [-0.4, -0.2) is 27.8 Å². The van der Waals surface area contributed by atoms with Crippen molar-refractivity contribution < 1.29 is 0 Å². The summed E-state index contributed by atoms with van der Waals surface area (Å²) in [6.45, 7) is 17.5. The van der Waals surface area contributed by atoms with Crippen LogP contribution in [0.25, 0.3) is 0 Å². The zero-order chi connectivity index (χ0) is 14.6. The summed E-state index contributed by atoms with van der Waals surface area (Å²) in [5.74, 6) is 1.38. The molecule has 0 spiro atoms. The molecule has 19 heavy (non-hydrogen) atoms. The molecule has 1 aromatic heterocycles. The highest BCUT2D eigenvalue weighted by molar-refractivity contribution is 9.10. The molecule has 0 unspecified atom stereocenters. The summed E-state index contributed by atoms with van der Waals surface area (Å²) in [6.07, 6.45) is 0. The van der Waals surface area contributed by atoms with Gasteiger partial charge in [-0.3, -0.25) is 9.58 Å². The standard InChI is InChI=1S/C15H28BrN3/c1-7-19-14(15(16)13(6)17-19)10-18(8-11(2)3)9-12(4)5/h11-12H,7-10H2,1-6H3. The summed E-state index contributed by atoms with van der Waals surface area (Å²) in [6, 6.07) is 0. The summed E-state index contributed by atoms with van der Waals surface area (Å²) < 4.78 is 3.29. The van der Waals surface area contributed by atoms with Gasteiger partial charge in [-0.1, -0.05) is 27.7 Å². The lowest BCUT2D eigenvalue weighted by atomic mass is 10.1. The lowest BCUT2D eigenvalue weighted by Gasteiger charge is -2.26. The second kappa shape index (κ2) is 7.44. The van der Waals surface area contributed by atoms with Crippen LogP contribution in [0.2, 0.25) is 0 Å². The second-order valence-corrected chi connectivity index (χ2v) is 6.94. The molecule has 0 saturated carbocycles. The van der Waals surface area contributed by atoms with E-state index in [0.717, 1.165) is 31.9 Å². The minimum Gasteiger partial charge on any atom is -0.297 e. The fourth-order valence-corrected chi connectivity index (χ4v) is 2.88. The maximum atomic E-state index is 4.58. The van der Waals surface area contributed by atoms with Gasteiger partial charge in [0.25, 0.3) is 0 Å². The van der Waals surface area contributed by atoms with Gasteiger partial charge in [0, 0.05) is 26.2 Å². The molecule has 0 radical (unpaired) electrons. The molecule has 0 amide bonds. The van der Waals surface area contributed by atoms with Crippen LogP contribution in [0, 0.1) is 18.8 Å². The van der Waals surface area contributed by atoms with E-state index in [1.165, 1.54) is 10.2 Å². The van der Waals surface area contributed by atoms with Crippen molar-refractivity contribution in [2.24, 2.45) is 11.8 Å². The monoisotopic (exact) mass is 329 g/mol. The van der Waals surface area contributed by atoms with Crippen molar-refractivity contribution in [3.8, 4) is 0 Å². The number of rotatable bonds is 7. The maximum Gasteiger partial charge on any atom is 0.0739 e. The highest BCUT2D eigenvalue weighted by Crippen LogP contribution is 2.23. The third-order valence-corrected chi connectivity index (χ3v) is 4.10. The Bertz CT molecular complexity index is 386. The summed E-state index contributed by atoms with van der Waals surface area (Å²) >= 11 is 3.69. The molecule has 0 N–H and O–H groups in total. The van der Waals surface area contributed by atoms with Gasteiger partial charge >= 0.3 is 0 Å². The van der Waals surface area contributed by atoms with Gasteiger partial charge in [0.05, 0.1) is 15.9 Å². The molecule has 1 aromatic rings. The summed E-state index contributed by atoms with van der Waals surface area (Å²) in [4.78, 5) is 2.54. The number of aromatic nitrogens is 2. The Morgan fingerprint density at radius 1 is 1.16 bits per heavy atom. The quantitative estimate of drug-likeness (QED) is 0.751. The number of hydrogen-bond acceptors (Lipinski definition) is 2. The van der Waals surface area contributed by atoms with Crippen molar-refractivity contribution in [3.05, 3.63) is 15.9 Å². The molecule has 4 heteroatoms. The molecule has 0 bridgehead atoms. The summed E-state index contributed by atoms with van der Waals surface area (Å²) in [5, 5.41) is 4.58. The van der Waals surface area contributed by atoms with Crippen molar-refractivity contribution >= 4 is 15.9 Å². The van der Waals surface area contributed by atoms with Crippen molar-refractivity contribution in [2.45, 2.75) is 54.6 Å². The number of nitrogens with zero attached hydrogens (tertiary/aromatic N) is 3. The predicted molar refractivity (Wildman–Crippen MR) is 85.3 cm³/mol. The van der Waals surface area contributed by atoms with Crippen LogP contribution in [0.5, 0.6) is 0 Å². The molecule has 0 atom stereocenters. The van der Waals surface area contributed by atoms with E-state index in [9.17, 15) is 0 Å². The van der Waals surface area contributed by atoms with E-state index in [-0.39, 0.29) is 0 Å². The van der Waals surface area contributed by atoms with Gasteiger partial charge in [-0.05, 0) is 41.6 Å². The smallest absolute Gasteiger partial charge is 0.0739 e. The molecule has 0 fully saturated rings. The van der Waals surface area contributed by atoms with Crippen molar-refractivity contribution in [1.82, 2.24) is 14.7 Å². The van der Waals surface area contributed by atoms with Crippen LogP contribution in [0.3, 0.4) is 0 Å². The minimum atomic E-state index is 0.691. The topological polar surface area (TPSA) is 21.1 Å². The van der Waals surface area contributed by atoms with Crippen molar-refractivity contribution in [2.75, 3.05) is 13.1 Å². The second-order valence-electron chi connectivity index (χ2n) is 6.14. The zero-order valence-electron chi connectivity index (χ0n) is 13.2. The number of halogens is 1. The van der Waals surface area contributed by atoms with E-state index in [0.29, 0.717) is 11.8 Å². The van der Waals surface area contributed by atoms with E-state index in [2.05, 4.69) is 72.2 Å². The molecule has 3 nitrogen and oxygen atoms in total. The first-order valence-electron chi connectivity index (χ1n) is 7.29. The van der Waals surface area contributed by atoms with Gasteiger partial charge in [0.1, 0.15) is 0 Å². The van der Waals surface area contributed by atoms with Gasteiger partial charge in [-0.15, -0.1) is 0 Å². The Kier molecular flexibility index (Phi) is 6.54. The molecule has 0 aliphatic heterocycles. The molecule has 0 saturated heterocycles.